The lowest BCUT2D eigenvalue weighted by Gasteiger charge is -2.14. The number of esters is 1. The highest BCUT2D eigenvalue weighted by Gasteiger charge is 2.12. The molecule has 0 aromatic heterocycles. The molecular weight excluding hydrogens is 332 g/mol. The van der Waals surface area contributed by atoms with Gasteiger partial charge < -0.3 is 15.4 Å². The third-order valence-corrected chi connectivity index (χ3v) is 3.68. The second-order valence-corrected chi connectivity index (χ2v) is 5.80. The highest BCUT2D eigenvalue weighted by atomic mass is 16.5. The fraction of sp³-hybridized carbons (Fsp3) is 0.250. The molecule has 0 heterocycles. The van der Waals surface area contributed by atoms with Crippen LogP contribution in [-0.4, -0.2) is 30.9 Å². The minimum absolute atomic E-state index is 0.184. The van der Waals surface area contributed by atoms with Gasteiger partial charge in [-0.05, 0) is 18.1 Å². The summed E-state index contributed by atoms with van der Waals surface area (Å²) in [5.41, 5.74) is 1.81. The molecule has 0 fully saturated rings. The summed E-state index contributed by atoms with van der Waals surface area (Å²) in [6, 6.07) is 18.5. The second-order valence-electron chi connectivity index (χ2n) is 5.80. The summed E-state index contributed by atoms with van der Waals surface area (Å²) in [5.74, 6) is -1.34. The van der Waals surface area contributed by atoms with Crippen LogP contribution < -0.4 is 10.6 Å². The van der Waals surface area contributed by atoms with E-state index in [9.17, 15) is 14.4 Å². The number of nitrogens with one attached hydrogen (secondary N) is 2. The van der Waals surface area contributed by atoms with Gasteiger partial charge in [-0.3, -0.25) is 14.4 Å². The fourth-order valence-electron chi connectivity index (χ4n) is 2.32. The maximum absolute atomic E-state index is 11.8. The Morgan fingerprint density at radius 2 is 1.54 bits per heavy atom. The van der Waals surface area contributed by atoms with Crippen molar-refractivity contribution >= 4 is 17.8 Å². The Kier molecular flexibility index (Phi) is 7.36. The van der Waals surface area contributed by atoms with E-state index in [0.717, 1.165) is 11.1 Å². The van der Waals surface area contributed by atoms with Crippen molar-refractivity contribution in [3.05, 3.63) is 71.8 Å². The lowest BCUT2D eigenvalue weighted by Crippen LogP contribution is -2.35. The van der Waals surface area contributed by atoms with Crippen molar-refractivity contribution in [2.45, 2.75) is 19.4 Å². The highest BCUT2D eigenvalue weighted by Crippen LogP contribution is 2.10. The van der Waals surface area contributed by atoms with E-state index < -0.39 is 11.9 Å². The Morgan fingerprint density at radius 1 is 0.923 bits per heavy atom. The summed E-state index contributed by atoms with van der Waals surface area (Å²) in [4.78, 5) is 35.2. The van der Waals surface area contributed by atoms with Crippen LogP contribution in [0.4, 0.5) is 0 Å². The van der Waals surface area contributed by atoms with Crippen LogP contribution in [0.5, 0.6) is 0 Å². The van der Waals surface area contributed by atoms with Gasteiger partial charge in [0.25, 0.3) is 5.91 Å². The molecule has 0 aliphatic rings. The van der Waals surface area contributed by atoms with Crippen molar-refractivity contribution in [2.75, 3.05) is 13.2 Å². The first-order chi connectivity index (χ1) is 12.5. The molecule has 136 valence electrons. The molecule has 0 saturated heterocycles. The summed E-state index contributed by atoms with van der Waals surface area (Å²) in [7, 11) is 0. The molecule has 26 heavy (non-hydrogen) atoms. The minimum Gasteiger partial charge on any atom is -0.454 e. The number of ether oxygens (including phenoxy) is 1. The molecule has 6 nitrogen and oxygen atoms in total. The number of hydrogen-bond donors (Lipinski definition) is 2. The van der Waals surface area contributed by atoms with E-state index in [-0.39, 0.29) is 31.5 Å². The third kappa shape index (κ3) is 6.76. The molecule has 0 spiro atoms. The molecule has 0 radical (unpaired) electrons. The smallest absolute Gasteiger partial charge is 0.325 e. The Labute approximate surface area is 152 Å². The quantitative estimate of drug-likeness (QED) is 0.708. The average molecular weight is 354 g/mol. The Hall–Kier alpha value is -3.15. The first-order valence-corrected chi connectivity index (χ1v) is 8.35. The van der Waals surface area contributed by atoms with E-state index in [2.05, 4.69) is 10.6 Å². The zero-order valence-corrected chi connectivity index (χ0v) is 14.6. The third-order valence-electron chi connectivity index (χ3n) is 3.68. The Bertz CT molecular complexity index is 732. The average Bonchev–Trinajstić information content (AvgIpc) is 2.66. The van der Waals surface area contributed by atoms with Gasteiger partial charge in [0.1, 0.15) is 6.54 Å². The molecule has 2 amide bonds. The predicted octanol–water partition coefficient (Wildman–Crippen LogP) is 1.77. The minimum atomic E-state index is -0.658. The number of amides is 2. The van der Waals surface area contributed by atoms with E-state index in [1.165, 1.54) is 0 Å². The normalized spacial score (nSPS) is 11.3. The largest absolute Gasteiger partial charge is 0.454 e. The van der Waals surface area contributed by atoms with Crippen LogP contribution in [0.15, 0.2) is 60.7 Å². The van der Waals surface area contributed by atoms with E-state index in [4.69, 9.17) is 4.74 Å². The topological polar surface area (TPSA) is 84.5 Å². The van der Waals surface area contributed by atoms with Gasteiger partial charge in [-0.2, -0.15) is 0 Å². The van der Waals surface area contributed by atoms with Crippen LogP contribution >= 0.6 is 0 Å². The molecule has 0 bridgehead atoms. The summed E-state index contributed by atoms with van der Waals surface area (Å²) in [6.45, 7) is 1.19. The predicted molar refractivity (Wildman–Crippen MR) is 97.1 cm³/mol. The van der Waals surface area contributed by atoms with Gasteiger partial charge in [0.05, 0.1) is 12.5 Å². The van der Waals surface area contributed by atoms with Gasteiger partial charge >= 0.3 is 5.97 Å². The van der Waals surface area contributed by atoms with Crippen LogP contribution in [0.3, 0.4) is 0 Å². The van der Waals surface area contributed by atoms with Gasteiger partial charge in [-0.1, -0.05) is 60.7 Å². The second kappa shape index (κ2) is 9.98. The van der Waals surface area contributed by atoms with Crippen LogP contribution in [-0.2, 0) is 25.5 Å². The number of rotatable bonds is 8. The molecule has 0 aliphatic carbocycles. The van der Waals surface area contributed by atoms with Crippen molar-refractivity contribution in [2.24, 2.45) is 0 Å². The lowest BCUT2D eigenvalue weighted by atomic mass is 10.1. The fourth-order valence-corrected chi connectivity index (χ4v) is 2.32. The van der Waals surface area contributed by atoms with Gasteiger partial charge in [0.2, 0.25) is 5.91 Å². The zero-order valence-electron chi connectivity index (χ0n) is 14.6. The summed E-state index contributed by atoms with van der Waals surface area (Å²) in [6.07, 6.45) is 0.184. The standard InChI is InChI=1S/C20H22N2O4/c1-15(17-10-6-3-7-11-17)22-19(24)14-26-20(25)13-21-18(23)12-16-8-4-2-5-9-16/h2-11,15H,12-14H2,1H3,(H,21,23)(H,22,24)/t15-/m1/s1. The molecule has 2 N–H and O–H groups in total. The Balaban J connectivity index is 1.65. The van der Waals surface area contributed by atoms with Crippen molar-refractivity contribution in [1.82, 2.24) is 10.6 Å². The first-order valence-electron chi connectivity index (χ1n) is 8.35. The van der Waals surface area contributed by atoms with Gasteiger partial charge in [0.15, 0.2) is 6.61 Å². The van der Waals surface area contributed by atoms with Crippen LogP contribution in [0.25, 0.3) is 0 Å². The molecule has 1 atom stereocenters. The summed E-state index contributed by atoms with van der Waals surface area (Å²) >= 11 is 0. The van der Waals surface area contributed by atoms with Crippen LogP contribution in [0.1, 0.15) is 24.1 Å². The van der Waals surface area contributed by atoms with Gasteiger partial charge in [-0.25, -0.2) is 0 Å². The number of carbonyl (C=O) groups excluding carboxylic acids is 3. The molecular formula is C20H22N2O4. The van der Waals surface area contributed by atoms with E-state index in [1.807, 2.05) is 67.6 Å². The molecule has 2 rings (SSSR count). The van der Waals surface area contributed by atoms with Crippen LogP contribution in [0.2, 0.25) is 0 Å². The molecule has 6 heteroatoms. The highest BCUT2D eigenvalue weighted by molar-refractivity contribution is 5.85. The molecule has 2 aromatic rings. The van der Waals surface area contributed by atoms with Crippen LogP contribution in [0, 0.1) is 0 Å². The SMILES string of the molecule is C[C@@H](NC(=O)COC(=O)CNC(=O)Cc1ccccc1)c1ccccc1. The molecule has 0 unspecified atom stereocenters. The van der Waals surface area contributed by atoms with Crippen molar-refractivity contribution in [3.8, 4) is 0 Å². The number of benzene rings is 2. The molecule has 0 saturated carbocycles. The van der Waals surface area contributed by atoms with Gasteiger partial charge in [-0.15, -0.1) is 0 Å². The van der Waals surface area contributed by atoms with E-state index in [1.54, 1.807) is 0 Å². The monoisotopic (exact) mass is 354 g/mol. The number of hydrogen-bond acceptors (Lipinski definition) is 4. The summed E-state index contributed by atoms with van der Waals surface area (Å²) < 4.78 is 4.88. The summed E-state index contributed by atoms with van der Waals surface area (Å²) in [5, 5.41) is 5.22. The lowest BCUT2D eigenvalue weighted by molar-refractivity contribution is -0.148. The van der Waals surface area contributed by atoms with Crippen molar-refractivity contribution in [1.29, 1.82) is 0 Å². The van der Waals surface area contributed by atoms with E-state index >= 15 is 0 Å². The first kappa shape index (κ1) is 19.2. The molecule has 2 aromatic carbocycles. The van der Waals surface area contributed by atoms with Crippen molar-refractivity contribution in [3.63, 3.8) is 0 Å². The Morgan fingerprint density at radius 3 is 2.19 bits per heavy atom. The van der Waals surface area contributed by atoms with Crippen molar-refractivity contribution < 1.29 is 19.1 Å². The maximum atomic E-state index is 11.8. The zero-order chi connectivity index (χ0) is 18.8. The van der Waals surface area contributed by atoms with E-state index in [0.29, 0.717) is 0 Å². The molecule has 0 aliphatic heterocycles. The van der Waals surface area contributed by atoms with Gasteiger partial charge in [0, 0.05) is 0 Å². The number of carbonyl (C=O) groups is 3. The maximum Gasteiger partial charge on any atom is 0.325 e.